The van der Waals surface area contributed by atoms with Crippen molar-refractivity contribution in [2.75, 3.05) is 26.2 Å². The van der Waals surface area contributed by atoms with Crippen LogP contribution in [0.4, 0.5) is 0 Å². The minimum absolute atomic E-state index is 0.169. The van der Waals surface area contributed by atoms with Crippen LogP contribution in [0.2, 0.25) is 0 Å². The zero-order valence-electron chi connectivity index (χ0n) is 33.1. The van der Waals surface area contributed by atoms with Crippen LogP contribution in [-0.2, 0) is 32.3 Å². The van der Waals surface area contributed by atoms with Crippen molar-refractivity contribution < 1.29 is 47.8 Å². The van der Waals surface area contributed by atoms with Crippen LogP contribution < -0.4 is 9.47 Å². The number of hydrogen-bond donors (Lipinski definition) is 2. The first-order valence-electron chi connectivity index (χ1n) is 19.9. The van der Waals surface area contributed by atoms with Crippen molar-refractivity contribution in [3.63, 3.8) is 0 Å². The van der Waals surface area contributed by atoms with Gasteiger partial charge in [-0.15, -0.1) is 0 Å². The summed E-state index contributed by atoms with van der Waals surface area (Å²) in [6.07, 6.45) is 2.00. The minimum Gasteiger partial charge on any atom is -0.481 e. The highest BCUT2D eigenvalue weighted by molar-refractivity contribution is 6.07. The lowest BCUT2D eigenvalue weighted by molar-refractivity contribution is -0.883. The second kappa shape index (κ2) is 18.5. The zero-order chi connectivity index (χ0) is 40.3. The molecule has 2 amide bonds. The van der Waals surface area contributed by atoms with E-state index >= 15 is 9.59 Å². The fraction of sp³-hybridized carbons (Fsp3) is 0.391. The molecule has 4 aromatic carbocycles. The first-order chi connectivity index (χ1) is 27.0. The summed E-state index contributed by atoms with van der Waals surface area (Å²) in [7, 11) is 0. The number of para-hydroxylation sites is 2. The Balaban J connectivity index is 1.57. The zero-order valence-corrected chi connectivity index (χ0v) is 33.1. The summed E-state index contributed by atoms with van der Waals surface area (Å²) < 4.78 is 11.7. The van der Waals surface area contributed by atoms with Crippen LogP contribution in [0.1, 0.15) is 70.9 Å². The Morgan fingerprint density at radius 3 is 1.18 bits per heavy atom. The van der Waals surface area contributed by atoms with E-state index in [9.17, 15) is 19.8 Å². The van der Waals surface area contributed by atoms with Gasteiger partial charge < -0.3 is 19.7 Å². The van der Waals surface area contributed by atoms with Crippen molar-refractivity contribution in [2.24, 2.45) is 17.3 Å². The monoisotopic (exact) mass is 764 g/mol. The Morgan fingerprint density at radius 2 is 0.875 bits per heavy atom. The summed E-state index contributed by atoms with van der Waals surface area (Å²) in [6, 6.07) is 33.8. The molecule has 296 valence electrons. The van der Waals surface area contributed by atoms with E-state index in [4.69, 9.17) is 9.47 Å². The van der Waals surface area contributed by atoms with Gasteiger partial charge in [0, 0.05) is 11.1 Å². The lowest BCUT2D eigenvalue weighted by Gasteiger charge is -2.53. The van der Waals surface area contributed by atoms with Gasteiger partial charge in [0.1, 0.15) is 42.0 Å². The fourth-order valence-corrected chi connectivity index (χ4v) is 8.84. The van der Waals surface area contributed by atoms with E-state index in [1.807, 2.05) is 137 Å². The number of hydrogen-bond acceptors (Lipinski definition) is 6. The normalized spacial score (nSPS) is 16.4. The van der Waals surface area contributed by atoms with Gasteiger partial charge in [-0.2, -0.15) is 0 Å². The van der Waals surface area contributed by atoms with Gasteiger partial charge in [0.15, 0.2) is 0 Å². The number of carbonyl (C=O) groups is 4. The Morgan fingerprint density at radius 1 is 0.536 bits per heavy atom. The largest absolute Gasteiger partial charge is 0.481 e. The number of nitrogens with zero attached hydrogens (tertiary/aromatic N) is 2. The molecule has 0 unspecified atom stereocenters. The number of benzene rings is 4. The molecule has 2 atom stereocenters. The van der Waals surface area contributed by atoms with Gasteiger partial charge in [0.05, 0.1) is 32.1 Å². The Kier molecular flexibility index (Phi) is 13.9. The highest BCUT2D eigenvalue weighted by Gasteiger charge is 2.77. The maximum atomic E-state index is 15.8. The van der Waals surface area contributed by atoms with Crippen LogP contribution in [0.3, 0.4) is 0 Å². The SMILES string of the molecule is CCC[N+](CCC)(Cc1ccc(Oc2ccccc2)cc1)C(=O)C1(C(=O)[N+](CCC)(CCC)Cc2ccc(Oc3ccccc3)cc2)C[C@@H](C(=O)O)[C@@H]1C(=O)O. The van der Waals surface area contributed by atoms with Crippen LogP contribution in [-0.4, -0.2) is 69.1 Å². The van der Waals surface area contributed by atoms with E-state index in [0.29, 0.717) is 74.9 Å². The van der Waals surface area contributed by atoms with Gasteiger partial charge in [-0.05, 0) is 105 Å². The summed E-state index contributed by atoms with van der Waals surface area (Å²) in [5, 5.41) is 21.1. The summed E-state index contributed by atoms with van der Waals surface area (Å²) >= 11 is 0. The summed E-state index contributed by atoms with van der Waals surface area (Å²) in [6.45, 7) is 9.75. The molecular weight excluding hydrogens is 709 g/mol. The Bertz CT molecular complexity index is 1800. The van der Waals surface area contributed by atoms with Crippen LogP contribution in [0.25, 0.3) is 0 Å². The molecule has 0 radical (unpaired) electrons. The smallest absolute Gasteiger partial charge is 0.334 e. The molecule has 2 N–H and O–H groups in total. The van der Waals surface area contributed by atoms with Gasteiger partial charge >= 0.3 is 23.8 Å². The first kappa shape index (κ1) is 41.8. The maximum Gasteiger partial charge on any atom is 0.334 e. The van der Waals surface area contributed by atoms with Gasteiger partial charge in [0.25, 0.3) is 0 Å². The highest BCUT2D eigenvalue weighted by Crippen LogP contribution is 2.56. The first-order valence-corrected chi connectivity index (χ1v) is 19.9. The highest BCUT2D eigenvalue weighted by atomic mass is 16.5. The average molecular weight is 765 g/mol. The van der Waals surface area contributed by atoms with E-state index in [0.717, 1.165) is 11.1 Å². The second-order valence-corrected chi connectivity index (χ2v) is 15.2. The molecular formula is C46H56N2O8+2. The van der Waals surface area contributed by atoms with E-state index < -0.39 is 41.0 Å². The molecule has 1 fully saturated rings. The van der Waals surface area contributed by atoms with E-state index in [2.05, 4.69) is 0 Å². The van der Waals surface area contributed by atoms with Gasteiger partial charge in [-0.1, -0.05) is 64.1 Å². The predicted molar refractivity (Wildman–Crippen MR) is 214 cm³/mol. The van der Waals surface area contributed by atoms with Gasteiger partial charge in [-0.3, -0.25) is 18.6 Å². The fourth-order valence-electron chi connectivity index (χ4n) is 8.84. The number of carboxylic acids is 2. The van der Waals surface area contributed by atoms with Crippen LogP contribution in [0.15, 0.2) is 109 Å². The molecule has 0 saturated heterocycles. The van der Waals surface area contributed by atoms with Crippen LogP contribution in [0.5, 0.6) is 23.0 Å². The van der Waals surface area contributed by atoms with E-state index in [1.165, 1.54) is 0 Å². The Hall–Kier alpha value is -5.32. The molecule has 1 aliphatic rings. The molecule has 0 heterocycles. The third-order valence-corrected chi connectivity index (χ3v) is 11.1. The Labute approximate surface area is 330 Å². The molecule has 0 aromatic heterocycles. The molecule has 0 bridgehead atoms. The number of carboxylic acid groups (broad SMARTS) is 2. The van der Waals surface area contributed by atoms with E-state index in [1.54, 1.807) is 0 Å². The number of carbonyl (C=O) groups excluding carboxylic acids is 2. The molecule has 10 heteroatoms. The van der Waals surface area contributed by atoms with Crippen molar-refractivity contribution in [3.05, 3.63) is 120 Å². The molecule has 5 rings (SSSR count). The van der Waals surface area contributed by atoms with Gasteiger partial charge in [-0.25, -0.2) is 9.59 Å². The molecule has 56 heavy (non-hydrogen) atoms. The quantitative estimate of drug-likeness (QED) is 0.0674. The van der Waals surface area contributed by atoms with Crippen LogP contribution >= 0.6 is 0 Å². The molecule has 4 aromatic rings. The van der Waals surface area contributed by atoms with Crippen molar-refractivity contribution >= 4 is 23.8 Å². The predicted octanol–water partition coefficient (Wildman–Crippen LogP) is 9.09. The standard InChI is InChI=1S/C46H54N2O8/c1-5-27-47(28-6-2,32-34-19-23-38(24-20-34)55-36-15-11-9-12-16-36)44(53)46(31-40(42(49)50)41(46)43(51)52)45(54)48(29-7-3,30-8-4)33-35-21-25-39(26-22-35)56-37-17-13-10-14-18-37/h9-26,40-41H,5-8,27-33H2,1-4H3/p+2/t40-,41-/m1/s1. The average Bonchev–Trinajstić information content (AvgIpc) is 3.17. The van der Waals surface area contributed by atoms with Crippen molar-refractivity contribution in [1.82, 2.24) is 0 Å². The second-order valence-electron chi connectivity index (χ2n) is 15.2. The van der Waals surface area contributed by atoms with Crippen molar-refractivity contribution in [1.29, 1.82) is 0 Å². The van der Waals surface area contributed by atoms with Crippen molar-refractivity contribution in [2.45, 2.75) is 72.9 Å². The number of ether oxygens (including phenoxy) is 2. The molecule has 1 saturated carbocycles. The lowest BCUT2D eigenvalue weighted by atomic mass is 9.51. The maximum absolute atomic E-state index is 15.8. The summed E-state index contributed by atoms with van der Waals surface area (Å²) in [4.78, 5) is 57.4. The summed E-state index contributed by atoms with van der Waals surface area (Å²) in [5.74, 6) is -4.21. The number of aliphatic carboxylic acids is 2. The molecule has 1 aliphatic carbocycles. The lowest BCUT2D eigenvalue weighted by Crippen LogP contribution is -2.75. The third-order valence-electron chi connectivity index (χ3n) is 11.1. The topological polar surface area (TPSA) is 127 Å². The molecule has 10 nitrogen and oxygen atoms in total. The van der Waals surface area contributed by atoms with Crippen molar-refractivity contribution in [3.8, 4) is 23.0 Å². The number of amides is 2. The van der Waals surface area contributed by atoms with Crippen LogP contribution in [0, 0.1) is 17.3 Å². The number of quaternary nitrogens is 2. The molecule has 0 spiro atoms. The third kappa shape index (κ3) is 8.87. The molecule has 0 aliphatic heterocycles. The summed E-state index contributed by atoms with van der Waals surface area (Å²) in [5.41, 5.74) is -0.411. The van der Waals surface area contributed by atoms with E-state index in [-0.39, 0.29) is 28.5 Å². The number of rotatable bonds is 20. The van der Waals surface area contributed by atoms with Gasteiger partial charge in [0.2, 0.25) is 5.41 Å². The minimum atomic E-state index is -2.06.